The van der Waals surface area contributed by atoms with Crippen molar-refractivity contribution in [3.05, 3.63) is 62.5 Å². The molecular formula is C15H12BrF2N3O3. The molecule has 0 radical (unpaired) electrons. The second kappa shape index (κ2) is 7.82. The normalized spacial score (nSPS) is 10.3. The first-order chi connectivity index (χ1) is 11.4. The van der Waals surface area contributed by atoms with E-state index in [1.54, 1.807) is 0 Å². The third kappa shape index (κ3) is 4.72. The van der Waals surface area contributed by atoms with Crippen LogP contribution in [-0.2, 0) is 4.79 Å². The number of aromatic amines is 1. The van der Waals surface area contributed by atoms with Crippen LogP contribution in [0, 0.1) is 11.6 Å². The summed E-state index contributed by atoms with van der Waals surface area (Å²) in [6.45, 7) is -0.0760. The van der Waals surface area contributed by atoms with Gasteiger partial charge in [0.25, 0.3) is 11.5 Å². The molecule has 0 bridgehead atoms. The standard InChI is InChI=1S/C15H12BrF2N3O3/c16-8-5-12(15(24)20-7-8)21-13(22)3-4-19-14(23)10-2-1-9(17)6-11(10)18/h1-2,5-7H,3-4H2,(H,19,23)(H,20,24)(H,21,22). The number of amides is 2. The van der Waals surface area contributed by atoms with Crippen molar-refractivity contribution in [3.63, 3.8) is 0 Å². The number of hydrogen-bond acceptors (Lipinski definition) is 3. The third-order valence-corrected chi connectivity index (χ3v) is 3.41. The summed E-state index contributed by atoms with van der Waals surface area (Å²) in [5, 5.41) is 4.74. The van der Waals surface area contributed by atoms with Crippen LogP contribution in [0.5, 0.6) is 0 Å². The Hall–Kier alpha value is -2.55. The highest BCUT2D eigenvalue weighted by atomic mass is 79.9. The molecule has 0 atom stereocenters. The minimum absolute atomic E-state index is 0.0604. The molecule has 0 aliphatic carbocycles. The molecule has 0 aliphatic rings. The number of nitrogens with one attached hydrogen (secondary N) is 3. The fourth-order valence-corrected chi connectivity index (χ4v) is 2.16. The van der Waals surface area contributed by atoms with Gasteiger partial charge >= 0.3 is 0 Å². The Bertz CT molecular complexity index is 839. The first-order valence-corrected chi connectivity index (χ1v) is 7.57. The zero-order chi connectivity index (χ0) is 17.7. The summed E-state index contributed by atoms with van der Waals surface area (Å²) in [7, 11) is 0. The molecule has 0 aliphatic heterocycles. The van der Waals surface area contributed by atoms with Gasteiger partial charge in [0.1, 0.15) is 17.3 Å². The number of aromatic nitrogens is 1. The van der Waals surface area contributed by atoms with E-state index in [0.717, 1.165) is 12.1 Å². The first-order valence-electron chi connectivity index (χ1n) is 6.78. The van der Waals surface area contributed by atoms with Crippen molar-refractivity contribution in [1.29, 1.82) is 0 Å². The van der Waals surface area contributed by atoms with Gasteiger partial charge < -0.3 is 15.6 Å². The molecule has 2 amide bonds. The molecule has 6 nitrogen and oxygen atoms in total. The summed E-state index contributed by atoms with van der Waals surface area (Å²) in [5.74, 6) is -3.04. The molecule has 1 aromatic carbocycles. The molecule has 2 aromatic rings. The summed E-state index contributed by atoms with van der Waals surface area (Å²) >= 11 is 3.15. The van der Waals surface area contributed by atoms with Crippen LogP contribution in [-0.4, -0.2) is 23.3 Å². The lowest BCUT2D eigenvalue weighted by Crippen LogP contribution is -2.29. The quantitative estimate of drug-likeness (QED) is 0.719. The number of anilines is 1. The largest absolute Gasteiger partial charge is 0.351 e. The maximum absolute atomic E-state index is 13.4. The minimum atomic E-state index is -0.988. The van der Waals surface area contributed by atoms with Crippen LogP contribution >= 0.6 is 15.9 Å². The molecule has 1 heterocycles. The Labute approximate surface area is 143 Å². The van der Waals surface area contributed by atoms with Gasteiger partial charge in [-0.2, -0.15) is 0 Å². The van der Waals surface area contributed by atoms with Gasteiger partial charge in [0.2, 0.25) is 5.91 Å². The fourth-order valence-electron chi connectivity index (χ4n) is 1.82. The molecule has 126 valence electrons. The van der Waals surface area contributed by atoms with E-state index in [1.165, 1.54) is 12.3 Å². The highest BCUT2D eigenvalue weighted by Crippen LogP contribution is 2.11. The summed E-state index contributed by atoms with van der Waals surface area (Å²) < 4.78 is 26.8. The van der Waals surface area contributed by atoms with Crippen LogP contribution in [0.2, 0.25) is 0 Å². The van der Waals surface area contributed by atoms with Crippen molar-refractivity contribution >= 4 is 33.4 Å². The summed E-state index contributed by atoms with van der Waals surface area (Å²) in [6.07, 6.45) is 1.30. The average Bonchev–Trinajstić information content (AvgIpc) is 2.50. The van der Waals surface area contributed by atoms with Gasteiger partial charge in [-0.15, -0.1) is 0 Å². The molecule has 3 N–H and O–H groups in total. The van der Waals surface area contributed by atoms with Gasteiger partial charge in [-0.1, -0.05) is 0 Å². The second-order valence-corrected chi connectivity index (χ2v) is 5.65. The highest BCUT2D eigenvalue weighted by Gasteiger charge is 2.13. The third-order valence-electron chi connectivity index (χ3n) is 2.96. The highest BCUT2D eigenvalue weighted by molar-refractivity contribution is 9.10. The van der Waals surface area contributed by atoms with E-state index in [1.807, 2.05) is 0 Å². The van der Waals surface area contributed by atoms with Gasteiger partial charge in [-0.3, -0.25) is 14.4 Å². The molecule has 0 saturated heterocycles. The van der Waals surface area contributed by atoms with Crippen LogP contribution in [0.25, 0.3) is 0 Å². The average molecular weight is 400 g/mol. The van der Waals surface area contributed by atoms with E-state index in [9.17, 15) is 23.2 Å². The molecule has 0 unspecified atom stereocenters. The number of H-pyrrole nitrogens is 1. The van der Waals surface area contributed by atoms with E-state index in [2.05, 4.69) is 31.5 Å². The zero-order valence-corrected chi connectivity index (χ0v) is 13.7. The van der Waals surface area contributed by atoms with E-state index >= 15 is 0 Å². The molecule has 9 heteroatoms. The van der Waals surface area contributed by atoms with Crippen LogP contribution in [0.1, 0.15) is 16.8 Å². The van der Waals surface area contributed by atoms with Crippen molar-refractivity contribution < 1.29 is 18.4 Å². The fraction of sp³-hybridized carbons (Fsp3) is 0.133. The van der Waals surface area contributed by atoms with E-state index in [4.69, 9.17) is 0 Å². The lowest BCUT2D eigenvalue weighted by Gasteiger charge is -2.07. The Morgan fingerprint density at radius 3 is 2.67 bits per heavy atom. The molecule has 0 fully saturated rings. The van der Waals surface area contributed by atoms with Gasteiger partial charge in [-0.25, -0.2) is 8.78 Å². The molecule has 1 aromatic heterocycles. The smallest absolute Gasteiger partial charge is 0.271 e. The van der Waals surface area contributed by atoms with Crippen LogP contribution < -0.4 is 16.2 Å². The second-order valence-electron chi connectivity index (χ2n) is 4.74. The van der Waals surface area contributed by atoms with Gasteiger partial charge in [0.05, 0.1) is 5.56 Å². The summed E-state index contributed by atoms with van der Waals surface area (Å²) in [6, 6.07) is 4.01. The van der Waals surface area contributed by atoms with Crippen LogP contribution in [0.4, 0.5) is 14.5 Å². The molecule has 24 heavy (non-hydrogen) atoms. The number of benzene rings is 1. The van der Waals surface area contributed by atoms with Gasteiger partial charge in [0, 0.05) is 29.7 Å². The number of rotatable bonds is 5. The van der Waals surface area contributed by atoms with E-state index in [-0.39, 0.29) is 24.2 Å². The van der Waals surface area contributed by atoms with E-state index < -0.39 is 29.0 Å². The molecule has 0 saturated carbocycles. The SMILES string of the molecule is O=C(CCNC(=O)c1ccc(F)cc1F)Nc1cc(Br)c[nH]c1=O. The molecular weight excluding hydrogens is 388 g/mol. The lowest BCUT2D eigenvalue weighted by atomic mass is 10.2. The predicted molar refractivity (Wildman–Crippen MR) is 86.7 cm³/mol. The number of hydrogen-bond donors (Lipinski definition) is 3. The topological polar surface area (TPSA) is 91.1 Å². The van der Waals surface area contributed by atoms with Gasteiger partial charge in [-0.05, 0) is 34.1 Å². The Morgan fingerprint density at radius 2 is 1.96 bits per heavy atom. The van der Waals surface area contributed by atoms with Crippen LogP contribution in [0.3, 0.4) is 0 Å². The first kappa shape index (κ1) is 17.8. The number of carbonyl (C=O) groups excluding carboxylic acids is 2. The number of carbonyl (C=O) groups is 2. The van der Waals surface area contributed by atoms with Crippen molar-refractivity contribution in [2.45, 2.75) is 6.42 Å². The predicted octanol–water partition coefficient (Wildman–Crippen LogP) is 2.17. The Morgan fingerprint density at radius 1 is 1.21 bits per heavy atom. The van der Waals surface area contributed by atoms with Crippen molar-refractivity contribution in [3.8, 4) is 0 Å². The number of pyridine rings is 1. The minimum Gasteiger partial charge on any atom is -0.351 e. The van der Waals surface area contributed by atoms with Gasteiger partial charge in [0.15, 0.2) is 0 Å². The maximum Gasteiger partial charge on any atom is 0.271 e. The summed E-state index contributed by atoms with van der Waals surface area (Å²) in [4.78, 5) is 37.4. The Kier molecular flexibility index (Phi) is 5.80. The molecule has 0 spiro atoms. The van der Waals surface area contributed by atoms with Crippen molar-refractivity contribution in [2.24, 2.45) is 0 Å². The Balaban J connectivity index is 1.87. The maximum atomic E-state index is 13.4. The van der Waals surface area contributed by atoms with E-state index in [0.29, 0.717) is 10.5 Å². The lowest BCUT2D eigenvalue weighted by molar-refractivity contribution is -0.116. The zero-order valence-electron chi connectivity index (χ0n) is 12.2. The monoisotopic (exact) mass is 399 g/mol. The number of halogens is 3. The van der Waals surface area contributed by atoms with Crippen molar-refractivity contribution in [1.82, 2.24) is 10.3 Å². The van der Waals surface area contributed by atoms with Crippen molar-refractivity contribution in [2.75, 3.05) is 11.9 Å². The van der Waals surface area contributed by atoms with Crippen LogP contribution in [0.15, 0.2) is 39.7 Å². The molecule has 2 rings (SSSR count). The summed E-state index contributed by atoms with van der Waals surface area (Å²) in [5.41, 5.74) is -0.727.